The van der Waals surface area contributed by atoms with E-state index in [-0.39, 0.29) is 16.5 Å². The van der Waals surface area contributed by atoms with Crippen LogP contribution in [0.3, 0.4) is 0 Å². The molecule has 0 radical (unpaired) electrons. The van der Waals surface area contributed by atoms with Crippen LogP contribution < -0.4 is 5.32 Å². The van der Waals surface area contributed by atoms with Gasteiger partial charge in [0.2, 0.25) is 0 Å². The number of hydrogen-bond acceptors (Lipinski definition) is 5. The number of aromatic nitrogens is 1. The number of benzene rings is 1. The summed E-state index contributed by atoms with van der Waals surface area (Å²) in [4.78, 5) is 12.9. The van der Waals surface area contributed by atoms with Crippen LogP contribution in [0.1, 0.15) is 61.3 Å². The molecular formula is C19H23ClN2O4S. The second-order valence-corrected chi connectivity index (χ2v) is 10.9. The molecule has 2 aromatic rings. The summed E-state index contributed by atoms with van der Waals surface area (Å²) in [6, 6.07) is 3.66. The molecular weight excluding hydrogens is 388 g/mol. The normalized spacial score (nSPS) is 22.1. The minimum absolute atomic E-state index is 0.0430. The highest BCUT2D eigenvalue weighted by Crippen LogP contribution is 2.44. The second-order valence-electron chi connectivity index (χ2n) is 8.39. The average molecular weight is 411 g/mol. The highest BCUT2D eigenvalue weighted by molar-refractivity contribution is 8.13. The smallest absolute Gasteiger partial charge is 0.340 e. The van der Waals surface area contributed by atoms with Gasteiger partial charge in [-0.25, -0.2) is 13.2 Å². The molecule has 1 aromatic carbocycles. The fourth-order valence-electron chi connectivity index (χ4n) is 4.39. The van der Waals surface area contributed by atoms with E-state index in [2.05, 4.69) is 9.88 Å². The maximum atomic E-state index is 13.1. The molecule has 146 valence electrons. The minimum atomic E-state index is -4.11. The van der Waals surface area contributed by atoms with Gasteiger partial charge in [-0.05, 0) is 51.3 Å². The van der Waals surface area contributed by atoms with E-state index < -0.39 is 20.6 Å². The molecule has 1 saturated heterocycles. The Morgan fingerprint density at radius 1 is 1.30 bits per heavy atom. The Morgan fingerprint density at radius 2 is 2.00 bits per heavy atom. The van der Waals surface area contributed by atoms with Crippen LogP contribution in [0.2, 0.25) is 0 Å². The van der Waals surface area contributed by atoms with Gasteiger partial charge < -0.3 is 14.6 Å². The van der Waals surface area contributed by atoms with Gasteiger partial charge in [0.15, 0.2) is 0 Å². The van der Waals surface area contributed by atoms with Gasteiger partial charge in [-0.1, -0.05) is 0 Å². The van der Waals surface area contributed by atoms with Gasteiger partial charge in [0.1, 0.15) is 5.60 Å². The molecule has 1 N–H and O–H groups in total. The lowest BCUT2D eigenvalue weighted by Gasteiger charge is -2.24. The lowest BCUT2D eigenvalue weighted by atomic mass is 9.96. The first kappa shape index (κ1) is 18.8. The fraction of sp³-hybridized carbons (Fsp3) is 0.526. The van der Waals surface area contributed by atoms with E-state index >= 15 is 0 Å². The largest absolute Gasteiger partial charge is 0.456 e. The Bertz CT molecular complexity index is 1070. The van der Waals surface area contributed by atoms with Crippen molar-refractivity contribution in [2.75, 3.05) is 0 Å². The number of nitrogens with zero attached hydrogens (tertiary/aromatic N) is 1. The molecule has 4 rings (SSSR count). The summed E-state index contributed by atoms with van der Waals surface area (Å²) in [5, 5.41) is 4.22. The number of hydrogen-bond donors (Lipinski definition) is 1. The van der Waals surface area contributed by atoms with Crippen molar-refractivity contribution in [3.05, 3.63) is 29.0 Å². The number of esters is 1. The zero-order chi connectivity index (χ0) is 19.7. The Labute approximate surface area is 163 Å². The Balaban J connectivity index is 2.07. The molecule has 1 fully saturated rings. The van der Waals surface area contributed by atoms with Crippen molar-refractivity contribution in [1.82, 2.24) is 9.88 Å². The molecule has 0 aliphatic carbocycles. The summed E-state index contributed by atoms with van der Waals surface area (Å²) >= 11 is 0. The van der Waals surface area contributed by atoms with Crippen molar-refractivity contribution in [3.8, 4) is 0 Å². The van der Waals surface area contributed by atoms with Crippen LogP contribution in [-0.4, -0.2) is 30.6 Å². The summed E-state index contributed by atoms with van der Waals surface area (Å²) in [6.45, 7) is 5.26. The SMILES string of the molecule is Cn1c2c(c3c(C(=O)OC(C)(C)C)c(S(=O)(=O)Cl)ccc31)C1CCC(C2)N1. The van der Waals surface area contributed by atoms with E-state index in [4.69, 9.17) is 15.4 Å². The Morgan fingerprint density at radius 3 is 2.63 bits per heavy atom. The molecule has 1 aromatic heterocycles. The van der Waals surface area contributed by atoms with Crippen molar-refractivity contribution < 1.29 is 17.9 Å². The van der Waals surface area contributed by atoms with E-state index in [0.717, 1.165) is 36.0 Å². The van der Waals surface area contributed by atoms with Gasteiger partial charge in [0.25, 0.3) is 9.05 Å². The monoisotopic (exact) mass is 410 g/mol. The van der Waals surface area contributed by atoms with Crippen molar-refractivity contribution in [2.45, 2.75) is 62.6 Å². The van der Waals surface area contributed by atoms with Gasteiger partial charge in [0.05, 0.1) is 10.5 Å². The average Bonchev–Trinajstić information content (AvgIpc) is 3.04. The van der Waals surface area contributed by atoms with E-state index in [1.807, 2.05) is 7.05 Å². The molecule has 3 heterocycles. The van der Waals surface area contributed by atoms with Crippen LogP contribution in [-0.2, 0) is 27.3 Å². The van der Waals surface area contributed by atoms with E-state index in [1.54, 1.807) is 26.8 Å². The second kappa shape index (κ2) is 5.96. The fourth-order valence-corrected chi connectivity index (χ4v) is 5.44. The number of rotatable bonds is 2. The maximum Gasteiger partial charge on any atom is 0.340 e. The predicted molar refractivity (Wildman–Crippen MR) is 104 cm³/mol. The number of fused-ring (bicyclic) bond motifs is 6. The Kier molecular flexibility index (Phi) is 4.15. The summed E-state index contributed by atoms with van der Waals surface area (Å²) in [5.41, 5.74) is 2.26. The highest BCUT2D eigenvalue weighted by Gasteiger charge is 2.39. The number of carbonyl (C=O) groups excluding carboxylic acids is 1. The van der Waals surface area contributed by atoms with E-state index in [1.165, 1.54) is 6.07 Å². The van der Waals surface area contributed by atoms with Gasteiger partial charge in [-0.3, -0.25) is 0 Å². The molecule has 0 spiro atoms. The third-order valence-corrected chi connectivity index (χ3v) is 6.75. The van der Waals surface area contributed by atoms with Gasteiger partial charge in [0, 0.05) is 52.8 Å². The minimum Gasteiger partial charge on any atom is -0.456 e. The van der Waals surface area contributed by atoms with Crippen LogP contribution in [0.15, 0.2) is 17.0 Å². The van der Waals surface area contributed by atoms with Gasteiger partial charge >= 0.3 is 5.97 Å². The zero-order valence-electron chi connectivity index (χ0n) is 15.8. The first-order valence-corrected chi connectivity index (χ1v) is 11.4. The quantitative estimate of drug-likeness (QED) is 0.606. The van der Waals surface area contributed by atoms with Crippen molar-refractivity contribution in [1.29, 1.82) is 0 Å². The number of carbonyl (C=O) groups is 1. The summed E-state index contributed by atoms with van der Waals surface area (Å²) in [6.07, 6.45) is 2.88. The predicted octanol–water partition coefficient (Wildman–Crippen LogP) is 3.41. The molecule has 6 nitrogen and oxygen atoms in total. The third-order valence-electron chi connectivity index (χ3n) is 5.39. The van der Waals surface area contributed by atoms with Crippen LogP contribution >= 0.6 is 10.7 Å². The highest BCUT2D eigenvalue weighted by atomic mass is 35.7. The molecule has 8 heteroatoms. The maximum absolute atomic E-state index is 13.1. The molecule has 2 atom stereocenters. The first-order valence-electron chi connectivity index (χ1n) is 9.05. The van der Waals surface area contributed by atoms with E-state index in [0.29, 0.717) is 11.4 Å². The molecule has 2 aliphatic rings. The van der Waals surface area contributed by atoms with Gasteiger partial charge in [-0.2, -0.15) is 0 Å². The molecule has 0 amide bonds. The molecule has 2 unspecified atom stereocenters. The number of ether oxygens (including phenoxy) is 1. The molecule has 27 heavy (non-hydrogen) atoms. The van der Waals surface area contributed by atoms with Crippen molar-refractivity contribution >= 4 is 36.6 Å². The Hall–Kier alpha value is -1.57. The van der Waals surface area contributed by atoms with Crippen LogP contribution in [0.25, 0.3) is 10.9 Å². The third kappa shape index (κ3) is 3.05. The van der Waals surface area contributed by atoms with Gasteiger partial charge in [-0.15, -0.1) is 0 Å². The lowest BCUT2D eigenvalue weighted by Crippen LogP contribution is -2.32. The first-order chi connectivity index (χ1) is 12.5. The van der Waals surface area contributed by atoms with Crippen LogP contribution in [0, 0.1) is 0 Å². The zero-order valence-corrected chi connectivity index (χ0v) is 17.4. The van der Waals surface area contributed by atoms with Crippen LogP contribution in [0.4, 0.5) is 0 Å². The van der Waals surface area contributed by atoms with Crippen LogP contribution in [0.5, 0.6) is 0 Å². The summed E-state index contributed by atoms with van der Waals surface area (Å²) < 4.78 is 32.1. The van der Waals surface area contributed by atoms with Crippen molar-refractivity contribution in [2.24, 2.45) is 7.05 Å². The molecule has 2 bridgehead atoms. The molecule has 2 aliphatic heterocycles. The van der Waals surface area contributed by atoms with E-state index in [9.17, 15) is 13.2 Å². The lowest BCUT2D eigenvalue weighted by molar-refractivity contribution is 0.00676. The number of nitrogens with one attached hydrogen (secondary N) is 1. The summed E-state index contributed by atoms with van der Waals surface area (Å²) in [5.74, 6) is -0.666. The topological polar surface area (TPSA) is 77.4 Å². The standard InChI is InChI=1S/C19H23ClN2O4S/c1-19(2,3)26-18(23)17-14(27(20,24)25)8-7-12-16(17)15-11-6-5-10(21-11)9-13(15)22(12)4/h7-8,10-11,21H,5-6,9H2,1-4H3. The summed E-state index contributed by atoms with van der Waals surface area (Å²) in [7, 11) is 3.53. The molecule has 0 saturated carbocycles. The number of halogens is 1. The number of aryl methyl sites for hydroxylation is 1. The van der Waals surface area contributed by atoms with Crippen molar-refractivity contribution in [3.63, 3.8) is 0 Å².